The Hall–Kier alpha value is -4.02. The van der Waals surface area contributed by atoms with Crippen molar-refractivity contribution in [3.8, 4) is 0 Å². The number of nitrogens with zero attached hydrogens (tertiary/aromatic N) is 3. The summed E-state index contributed by atoms with van der Waals surface area (Å²) >= 11 is 7.68. The second-order valence-corrected chi connectivity index (χ2v) is 11.1. The SMILES string of the molecule is CCO/N=C1\OCc2cc(NC(=O)C[C@@H]3N=C(c4ccc(Cl)cc4)c4c(sc(C)c4C)N(C(C)=N)C3=N)ccc21. The lowest BCUT2D eigenvalue weighted by Crippen LogP contribution is -2.41. The molecule has 0 spiro atoms. The minimum absolute atomic E-state index is 0.0721. The maximum absolute atomic E-state index is 13.3. The quantitative estimate of drug-likeness (QED) is 0.182. The van der Waals surface area contributed by atoms with Crippen LogP contribution in [0.1, 0.15) is 53.0 Å². The van der Waals surface area contributed by atoms with Gasteiger partial charge in [0, 0.05) is 37.8 Å². The molecule has 1 atom stereocenters. The first-order chi connectivity index (χ1) is 19.2. The van der Waals surface area contributed by atoms with Crippen molar-refractivity contribution in [3.05, 3.63) is 80.2 Å². The molecule has 11 heteroatoms. The predicted octanol–water partition coefficient (Wildman–Crippen LogP) is 6.28. The number of benzene rings is 2. The number of thiophene rings is 1. The minimum Gasteiger partial charge on any atom is -0.470 e. The number of aliphatic imine (C=N–C) groups is 1. The molecule has 0 aliphatic carbocycles. The third-order valence-electron chi connectivity index (χ3n) is 6.74. The van der Waals surface area contributed by atoms with Crippen LogP contribution in [0.2, 0.25) is 5.02 Å². The van der Waals surface area contributed by atoms with E-state index in [1.165, 1.54) is 11.3 Å². The smallest absolute Gasteiger partial charge is 0.258 e. The van der Waals surface area contributed by atoms with Crippen LogP contribution >= 0.6 is 22.9 Å². The van der Waals surface area contributed by atoms with E-state index in [4.69, 9.17) is 37.0 Å². The van der Waals surface area contributed by atoms with E-state index in [0.717, 1.165) is 37.7 Å². The Morgan fingerprint density at radius 3 is 2.73 bits per heavy atom. The number of aryl methyl sites for hydroxylation is 1. The number of fused-ring (bicyclic) bond motifs is 2. The maximum atomic E-state index is 13.3. The fourth-order valence-corrected chi connectivity index (χ4v) is 6.05. The molecule has 206 valence electrons. The molecule has 1 amide bonds. The van der Waals surface area contributed by atoms with E-state index in [2.05, 4.69) is 10.5 Å². The van der Waals surface area contributed by atoms with Crippen molar-refractivity contribution in [2.45, 2.75) is 46.8 Å². The molecule has 1 aromatic heterocycles. The number of amides is 1. The number of carbonyl (C=O) groups excluding carboxylic acids is 1. The molecule has 2 aromatic carbocycles. The molecule has 0 bridgehead atoms. The van der Waals surface area contributed by atoms with Crippen molar-refractivity contribution in [3.63, 3.8) is 0 Å². The molecule has 0 radical (unpaired) electrons. The van der Waals surface area contributed by atoms with E-state index < -0.39 is 6.04 Å². The van der Waals surface area contributed by atoms with Crippen molar-refractivity contribution in [2.24, 2.45) is 10.1 Å². The molecule has 0 saturated carbocycles. The first-order valence-corrected chi connectivity index (χ1v) is 14.0. The highest BCUT2D eigenvalue weighted by Gasteiger charge is 2.35. The normalized spacial score (nSPS) is 17.1. The second-order valence-electron chi connectivity index (χ2n) is 9.50. The Labute approximate surface area is 241 Å². The molecule has 2 aliphatic rings. The summed E-state index contributed by atoms with van der Waals surface area (Å²) in [6.45, 7) is 8.31. The number of hydrogen-bond donors (Lipinski definition) is 3. The van der Waals surface area contributed by atoms with Crippen molar-refractivity contribution >= 4 is 62.8 Å². The van der Waals surface area contributed by atoms with E-state index in [-0.39, 0.29) is 24.0 Å². The number of oxime groups is 1. The predicted molar refractivity (Wildman–Crippen MR) is 161 cm³/mol. The van der Waals surface area contributed by atoms with Gasteiger partial charge in [-0.3, -0.25) is 25.5 Å². The number of amidine groups is 2. The largest absolute Gasteiger partial charge is 0.470 e. The third kappa shape index (κ3) is 5.24. The van der Waals surface area contributed by atoms with E-state index in [1.807, 2.05) is 45.0 Å². The van der Waals surface area contributed by atoms with Crippen LogP contribution in [-0.4, -0.2) is 41.8 Å². The number of nitrogens with one attached hydrogen (secondary N) is 3. The zero-order valence-corrected chi connectivity index (χ0v) is 24.2. The highest BCUT2D eigenvalue weighted by molar-refractivity contribution is 7.17. The van der Waals surface area contributed by atoms with Gasteiger partial charge in [0.15, 0.2) is 0 Å². The van der Waals surface area contributed by atoms with E-state index in [1.54, 1.807) is 30.0 Å². The standard InChI is InChI=1S/C29H29ClN6O3S/c1-5-39-35-28-22-11-10-21(12-19(22)14-38-28)33-24(37)13-23-27(32)36(17(4)31)29-25(15(2)16(3)40-29)26(34-23)18-6-8-20(30)9-7-18/h6-12,23,31-32H,5,13-14H2,1-4H3,(H,33,37)/b31-17?,32-27?,35-28-/t23-/m0/s1. The fourth-order valence-electron chi connectivity index (χ4n) is 4.70. The third-order valence-corrected chi connectivity index (χ3v) is 8.18. The van der Waals surface area contributed by atoms with Crippen LogP contribution in [0.3, 0.4) is 0 Å². The van der Waals surface area contributed by atoms with Crippen molar-refractivity contribution in [1.82, 2.24) is 0 Å². The fraction of sp³-hybridized carbons (Fsp3) is 0.276. The average molecular weight is 577 g/mol. The van der Waals surface area contributed by atoms with Crippen molar-refractivity contribution < 1.29 is 14.4 Å². The van der Waals surface area contributed by atoms with Crippen LogP contribution in [0.5, 0.6) is 0 Å². The molecule has 0 fully saturated rings. The molecule has 2 aliphatic heterocycles. The minimum atomic E-state index is -0.812. The maximum Gasteiger partial charge on any atom is 0.258 e. The number of halogens is 1. The zero-order chi connectivity index (χ0) is 28.6. The van der Waals surface area contributed by atoms with Gasteiger partial charge in [-0.25, -0.2) is 0 Å². The summed E-state index contributed by atoms with van der Waals surface area (Å²) in [5, 5.41) is 25.9. The zero-order valence-electron chi connectivity index (χ0n) is 22.6. The molecule has 5 rings (SSSR count). The first kappa shape index (κ1) is 27.5. The molecular weight excluding hydrogens is 548 g/mol. The summed E-state index contributed by atoms with van der Waals surface area (Å²) in [5.74, 6) is 0.393. The van der Waals surface area contributed by atoms with Gasteiger partial charge >= 0.3 is 0 Å². The average Bonchev–Trinajstić information content (AvgIpc) is 3.41. The van der Waals surface area contributed by atoms with E-state index in [9.17, 15) is 4.79 Å². The summed E-state index contributed by atoms with van der Waals surface area (Å²) in [5.41, 5.74) is 5.73. The van der Waals surface area contributed by atoms with Gasteiger partial charge in [-0.15, -0.1) is 11.3 Å². The highest BCUT2D eigenvalue weighted by Crippen LogP contribution is 2.40. The Kier molecular flexibility index (Phi) is 7.73. The lowest BCUT2D eigenvalue weighted by molar-refractivity contribution is -0.116. The van der Waals surface area contributed by atoms with Crippen LogP contribution < -0.4 is 10.2 Å². The van der Waals surface area contributed by atoms with Gasteiger partial charge < -0.3 is 14.9 Å². The summed E-state index contributed by atoms with van der Waals surface area (Å²) in [6, 6.07) is 12.0. The molecule has 0 unspecified atom stereocenters. The van der Waals surface area contributed by atoms with Gasteiger partial charge in [0.05, 0.1) is 12.1 Å². The topological polar surface area (TPSA) is 123 Å². The highest BCUT2D eigenvalue weighted by atomic mass is 35.5. The molecule has 0 saturated heterocycles. The van der Waals surface area contributed by atoms with Gasteiger partial charge in [0.25, 0.3) is 5.90 Å². The molecule has 3 heterocycles. The number of anilines is 2. The van der Waals surface area contributed by atoms with Crippen LogP contribution in [0.15, 0.2) is 52.6 Å². The van der Waals surface area contributed by atoms with Gasteiger partial charge in [-0.1, -0.05) is 23.7 Å². The second kappa shape index (κ2) is 11.2. The Balaban J connectivity index is 1.47. The van der Waals surface area contributed by atoms with Crippen LogP contribution in [0.25, 0.3) is 0 Å². The van der Waals surface area contributed by atoms with E-state index in [0.29, 0.717) is 35.5 Å². The number of ether oxygens (including phenoxy) is 1. The molecular formula is C29H29ClN6O3S. The van der Waals surface area contributed by atoms with Crippen LogP contribution in [0.4, 0.5) is 10.7 Å². The first-order valence-electron chi connectivity index (χ1n) is 12.8. The van der Waals surface area contributed by atoms with Gasteiger partial charge in [0.1, 0.15) is 35.9 Å². The molecule has 3 aromatic rings. The molecule has 3 N–H and O–H groups in total. The molecule has 9 nitrogen and oxygen atoms in total. The number of rotatable bonds is 6. The summed E-state index contributed by atoms with van der Waals surface area (Å²) in [6.07, 6.45) is -0.0721. The van der Waals surface area contributed by atoms with Crippen LogP contribution in [-0.2, 0) is 21.0 Å². The molecule has 40 heavy (non-hydrogen) atoms. The number of carbonyl (C=O) groups is 1. The Morgan fingerprint density at radius 1 is 1.27 bits per heavy atom. The Morgan fingerprint density at radius 2 is 2.02 bits per heavy atom. The summed E-state index contributed by atoms with van der Waals surface area (Å²) in [4.78, 5) is 26.1. The summed E-state index contributed by atoms with van der Waals surface area (Å²) in [7, 11) is 0. The summed E-state index contributed by atoms with van der Waals surface area (Å²) < 4.78 is 5.60. The van der Waals surface area contributed by atoms with Gasteiger partial charge in [0.2, 0.25) is 5.91 Å². The van der Waals surface area contributed by atoms with Gasteiger partial charge in [-0.2, -0.15) is 0 Å². The van der Waals surface area contributed by atoms with Crippen molar-refractivity contribution in [2.75, 3.05) is 16.8 Å². The lowest BCUT2D eigenvalue weighted by atomic mass is 9.99. The number of hydrogen-bond acceptors (Lipinski definition) is 8. The van der Waals surface area contributed by atoms with Gasteiger partial charge in [-0.05, 0) is 68.7 Å². The van der Waals surface area contributed by atoms with Crippen LogP contribution in [0, 0.1) is 24.7 Å². The van der Waals surface area contributed by atoms with Crippen molar-refractivity contribution in [1.29, 1.82) is 10.8 Å². The lowest BCUT2D eigenvalue weighted by Gasteiger charge is -2.24. The monoisotopic (exact) mass is 576 g/mol. The Bertz CT molecular complexity index is 1580. The van der Waals surface area contributed by atoms with E-state index >= 15 is 0 Å².